The number of rotatable bonds is 31. The summed E-state index contributed by atoms with van der Waals surface area (Å²) >= 11 is 0. The van der Waals surface area contributed by atoms with Crippen molar-refractivity contribution in [2.24, 2.45) is 0 Å². The molecule has 0 saturated heterocycles. The van der Waals surface area contributed by atoms with Crippen molar-refractivity contribution in [3.8, 4) is 0 Å². The number of aliphatic hydroxyl groups excluding tert-OH is 1. The SMILES string of the molecule is CC/C=C\C/C=C\C/C=C\C/C=C\C/C=C\CCCC(=O)OC[C@H](CO)OC(=O)CCCCCC/C=C\C/C=C\C/C=C\C/C=C\CC. The van der Waals surface area contributed by atoms with E-state index in [1.807, 2.05) is 0 Å². The third-order valence-electron chi connectivity index (χ3n) is 7.06. The van der Waals surface area contributed by atoms with Crippen LogP contribution in [0.15, 0.2) is 109 Å². The van der Waals surface area contributed by atoms with Crippen molar-refractivity contribution in [1.29, 1.82) is 0 Å². The fourth-order valence-electron chi connectivity index (χ4n) is 4.34. The van der Waals surface area contributed by atoms with Crippen molar-refractivity contribution in [1.82, 2.24) is 0 Å². The highest BCUT2D eigenvalue weighted by Crippen LogP contribution is 2.09. The summed E-state index contributed by atoms with van der Waals surface area (Å²) in [4.78, 5) is 24.2. The summed E-state index contributed by atoms with van der Waals surface area (Å²) in [5.74, 6) is -0.701. The van der Waals surface area contributed by atoms with E-state index in [1.165, 1.54) is 0 Å². The molecule has 0 aliphatic rings. The van der Waals surface area contributed by atoms with Crippen LogP contribution < -0.4 is 0 Å². The van der Waals surface area contributed by atoms with Crippen molar-refractivity contribution in [2.75, 3.05) is 13.2 Å². The van der Waals surface area contributed by atoms with E-state index in [9.17, 15) is 14.7 Å². The second-order valence-electron chi connectivity index (χ2n) is 11.5. The van der Waals surface area contributed by atoms with Crippen LogP contribution in [0, 0.1) is 0 Å². The van der Waals surface area contributed by atoms with Gasteiger partial charge in [-0.15, -0.1) is 0 Å². The second kappa shape index (κ2) is 38.0. The highest BCUT2D eigenvalue weighted by Gasteiger charge is 2.15. The minimum absolute atomic E-state index is 0.113. The number of hydrogen-bond acceptors (Lipinski definition) is 5. The van der Waals surface area contributed by atoms with Crippen LogP contribution in [0.1, 0.15) is 129 Å². The van der Waals surface area contributed by atoms with E-state index in [0.29, 0.717) is 19.3 Å². The van der Waals surface area contributed by atoms with Gasteiger partial charge in [0.25, 0.3) is 0 Å². The summed E-state index contributed by atoms with van der Waals surface area (Å²) in [5.41, 5.74) is 0. The summed E-state index contributed by atoms with van der Waals surface area (Å²) < 4.78 is 10.5. The summed E-state index contributed by atoms with van der Waals surface area (Å²) in [5, 5.41) is 9.53. The van der Waals surface area contributed by atoms with E-state index in [2.05, 4.69) is 123 Å². The van der Waals surface area contributed by atoms with Crippen molar-refractivity contribution in [3.63, 3.8) is 0 Å². The average molecular weight is 663 g/mol. The van der Waals surface area contributed by atoms with Crippen LogP contribution in [0.4, 0.5) is 0 Å². The van der Waals surface area contributed by atoms with Gasteiger partial charge in [0, 0.05) is 12.8 Å². The average Bonchev–Trinajstić information content (AvgIpc) is 3.09. The Hall–Kier alpha value is -3.44. The van der Waals surface area contributed by atoms with E-state index in [-0.39, 0.29) is 25.2 Å². The third-order valence-corrected chi connectivity index (χ3v) is 7.06. The largest absolute Gasteiger partial charge is 0.462 e. The molecule has 0 unspecified atom stereocenters. The van der Waals surface area contributed by atoms with Gasteiger partial charge in [0.1, 0.15) is 6.61 Å². The summed E-state index contributed by atoms with van der Waals surface area (Å²) in [7, 11) is 0. The number of unbranched alkanes of at least 4 members (excludes halogenated alkanes) is 5. The maximum absolute atomic E-state index is 12.1. The first-order chi connectivity index (χ1) is 23.6. The summed E-state index contributed by atoms with van der Waals surface area (Å²) in [6, 6.07) is 0. The van der Waals surface area contributed by atoms with Crippen LogP contribution >= 0.6 is 0 Å². The van der Waals surface area contributed by atoms with Gasteiger partial charge in [-0.2, -0.15) is 0 Å². The molecule has 0 bridgehead atoms. The van der Waals surface area contributed by atoms with Gasteiger partial charge < -0.3 is 14.6 Å². The van der Waals surface area contributed by atoms with Crippen LogP contribution in [-0.2, 0) is 19.1 Å². The molecule has 0 aliphatic carbocycles. The van der Waals surface area contributed by atoms with Crippen molar-refractivity contribution in [3.05, 3.63) is 109 Å². The molecule has 0 radical (unpaired) electrons. The van der Waals surface area contributed by atoms with Crippen molar-refractivity contribution >= 4 is 11.9 Å². The number of carbonyl (C=O) groups is 2. The Morgan fingerprint density at radius 1 is 0.479 bits per heavy atom. The Morgan fingerprint density at radius 3 is 1.29 bits per heavy atom. The number of ether oxygens (including phenoxy) is 2. The lowest BCUT2D eigenvalue weighted by atomic mass is 10.1. The predicted octanol–water partition coefficient (Wildman–Crippen LogP) is 11.5. The zero-order valence-corrected chi connectivity index (χ0v) is 30.2. The molecule has 0 aromatic heterocycles. The van der Waals surface area contributed by atoms with Gasteiger partial charge in [0.2, 0.25) is 0 Å². The van der Waals surface area contributed by atoms with E-state index in [1.54, 1.807) is 0 Å². The van der Waals surface area contributed by atoms with Gasteiger partial charge in [-0.05, 0) is 89.9 Å². The number of allylic oxidation sites excluding steroid dienone is 18. The Balaban J connectivity index is 3.77. The van der Waals surface area contributed by atoms with Crippen LogP contribution in [0.5, 0.6) is 0 Å². The first-order valence-corrected chi connectivity index (χ1v) is 18.4. The predicted molar refractivity (Wildman–Crippen MR) is 205 cm³/mol. The topological polar surface area (TPSA) is 72.8 Å². The number of carbonyl (C=O) groups excluding carboxylic acids is 2. The highest BCUT2D eigenvalue weighted by atomic mass is 16.6. The van der Waals surface area contributed by atoms with Crippen molar-refractivity contribution in [2.45, 2.75) is 136 Å². The summed E-state index contributed by atoms with van der Waals surface area (Å²) in [6.07, 6.45) is 54.3. The minimum atomic E-state index is -0.814. The van der Waals surface area contributed by atoms with E-state index >= 15 is 0 Å². The molecule has 0 saturated carbocycles. The lowest BCUT2D eigenvalue weighted by Crippen LogP contribution is -2.28. The lowest BCUT2D eigenvalue weighted by molar-refractivity contribution is -0.161. The Morgan fingerprint density at radius 2 is 0.854 bits per heavy atom. The zero-order valence-electron chi connectivity index (χ0n) is 30.2. The molecular weight excluding hydrogens is 596 g/mol. The molecule has 48 heavy (non-hydrogen) atoms. The molecule has 0 amide bonds. The van der Waals surface area contributed by atoms with Gasteiger partial charge in [-0.3, -0.25) is 9.59 Å². The molecule has 0 aliphatic heterocycles. The quantitative estimate of drug-likeness (QED) is 0.0454. The maximum Gasteiger partial charge on any atom is 0.306 e. The normalized spacial score (nSPS) is 13.5. The Bertz CT molecular complexity index is 1020. The first kappa shape index (κ1) is 44.6. The number of hydrogen-bond donors (Lipinski definition) is 1. The zero-order chi connectivity index (χ0) is 35.0. The van der Waals surface area contributed by atoms with E-state index in [4.69, 9.17) is 9.47 Å². The monoisotopic (exact) mass is 662 g/mol. The fourth-order valence-corrected chi connectivity index (χ4v) is 4.34. The Labute approximate surface area is 293 Å². The van der Waals surface area contributed by atoms with Crippen LogP contribution in [0.2, 0.25) is 0 Å². The molecule has 5 nitrogen and oxygen atoms in total. The molecule has 1 N–H and O–H groups in total. The standard InChI is InChI=1S/C43H66O5/c1-3-5-7-9-11-13-15-17-19-21-23-25-27-29-31-33-35-37-42(45)47-40-41(39-44)48-43(46)38-36-34-32-30-28-26-24-22-20-18-16-14-12-10-8-6-4-2/h5-8,11-14,17-20,23-26,29,31,41,44H,3-4,9-10,15-16,21-22,27-28,30,32-40H2,1-2H3/b7-5-,8-6-,13-11-,14-12-,19-17-,20-18-,25-23-,26-24-,31-29-/t41-/m0/s1. The first-order valence-electron chi connectivity index (χ1n) is 18.4. The second-order valence-corrected chi connectivity index (χ2v) is 11.5. The van der Waals surface area contributed by atoms with E-state index in [0.717, 1.165) is 96.3 Å². The number of aliphatic hydroxyl groups is 1. The minimum Gasteiger partial charge on any atom is -0.462 e. The van der Waals surface area contributed by atoms with E-state index < -0.39 is 6.10 Å². The van der Waals surface area contributed by atoms with Gasteiger partial charge in [-0.1, -0.05) is 136 Å². The van der Waals surface area contributed by atoms with Gasteiger partial charge in [0.05, 0.1) is 6.61 Å². The smallest absolute Gasteiger partial charge is 0.306 e. The lowest BCUT2D eigenvalue weighted by Gasteiger charge is -2.15. The molecular formula is C43H66O5. The maximum atomic E-state index is 12.1. The molecule has 268 valence electrons. The molecule has 0 rings (SSSR count). The Kier molecular flexibility index (Phi) is 35.3. The molecule has 1 atom stereocenters. The molecule has 0 fully saturated rings. The molecule has 0 aromatic carbocycles. The number of esters is 2. The molecule has 0 heterocycles. The third kappa shape index (κ3) is 35.4. The summed E-state index contributed by atoms with van der Waals surface area (Å²) in [6.45, 7) is 3.81. The van der Waals surface area contributed by atoms with Crippen LogP contribution in [0.3, 0.4) is 0 Å². The van der Waals surface area contributed by atoms with Gasteiger partial charge in [0.15, 0.2) is 6.10 Å². The molecule has 0 spiro atoms. The molecule has 0 aromatic rings. The van der Waals surface area contributed by atoms with Crippen LogP contribution in [0.25, 0.3) is 0 Å². The fraction of sp³-hybridized carbons (Fsp3) is 0.535. The highest BCUT2D eigenvalue weighted by molar-refractivity contribution is 5.70. The molecule has 5 heteroatoms. The van der Waals surface area contributed by atoms with Crippen LogP contribution in [-0.4, -0.2) is 36.4 Å². The van der Waals surface area contributed by atoms with Crippen molar-refractivity contribution < 1.29 is 24.2 Å². The van der Waals surface area contributed by atoms with Gasteiger partial charge >= 0.3 is 11.9 Å². The van der Waals surface area contributed by atoms with Gasteiger partial charge in [-0.25, -0.2) is 0 Å².